The van der Waals surface area contributed by atoms with E-state index in [0.717, 1.165) is 13.0 Å². The van der Waals surface area contributed by atoms with Gasteiger partial charge < -0.3 is 5.32 Å². The number of hydrogen-bond acceptors (Lipinski definition) is 2. The summed E-state index contributed by atoms with van der Waals surface area (Å²) in [5.41, 5.74) is 4.34. The van der Waals surface area contributed by atoms with Crippen LogP contribution < -0.4 is 5.32 Å². The van der Waals surface area contributed by atoms with Gasteiger partial charge >= 0.3 is 0 Å². The lowest BCUT2D eigenvalue weighted by Crippen LogP contribution is -2.26. The molecule has 1 aromatic carbocycles. The quantitative estimate of drug-likeness (QED) is 0.903. The Morgan fingerprint density at radius 2 is 2.25 bits per heavy atom. The number of fused-ring (bicyclic) bond motifs is 1. The molecule has 0 radical (unpaired) electrons. The second-order valence-corrected chi connectivity index (χ2v) is 5.72. The fraction of sp³-hybridized carbons (Fsp3) is 0.471. The van der Waals surface area contributed by atoms with E-state index >= 15 is 0 Å². The van der Waals surface area contributed by atoms with E-state index in [1.54, 1.807) is 0 Å². The van der Waals surface area contributed by atoms with Crippen LogP contribution >= 0.6 is 0 Å². The zero-order chi connectivity index (χ0) is 13.9. The molecule has 20 heavy (non-hydrogen) atoms. The summed E-state index contributed by atoms with van der Waals surface area (Å²) in [5.74, 6) is 0.571. The van der Waals surface area contributed by atoms with Crippen molar-refractivity contribution < 1.29 is 0 Å². The molecule has 0 aliphatic heterocycles. The molecular weight excluding hydrogens is 246 g/mol. The van der Waals surface area contributed by atoms with Gasteiger partial charge in [0.15, 0.2) is 0 Å². The molecule has 0 fully saturated rings. The minimum absolute atomic E-state index is 0.382. The van der Waals surface area contributed by atoms with Gasteiger partial charge in [-0.1, -0.05) is 31.2 Å². The predicted octanol–water partition coefficient (Wildman–Crippen LogP) is 3.19. The molecular formula is C17H23N3. The normalized spacial score (nSPS) is 19.0. The summed E-state index contributed by atoms with van der Waals surface area (Å²) in [6, 6.07) is 9.27. The van der Waals surface area contributed by atoms with Crippen molar-refractivity contribution in [1.82, 2.24) is 15.1 Å². The number of aromatic nitrogens is 2. The van der Waals surface area contributed by atoms with Crippen LogP contribution in [0.5, 0.6) is 0 Å². The molecule has 2 atom stereocenters. The van der Waals surface area contributed by atoms with Gasteiger partial charge in [-0.05, 0) is 36.9 Å². The first-order valence-electron chi connectivity index (χ1n) is 7.59. The van der Waals surface area contributed by atoms with Crippen LogP contribution in [0.3, 0.4) is 0 Å². The van der Waals surface area contributed by atoms with Gasteiger partial charge in [0.05, 0.1) is 6.20 Å². The number of nitrogens with one attached hydrogen (secondary N) is 1. The van der Waals surface area contributed by atoms with Crippen molar-refractivity contribution in [2.45, 2.75) is 38.1 Å². The van der Waals surface area contributed by atoms with E-state index in [-0.39, 0.29) is 0 Å². The summed E-state index contributed by atoms with van der Waals surface area (Å²) in [6.07, 6.45) is 7.74. The Bertz CT molecular complexity index is 573. The molecule has 3 rings (SSSR count). The van der Waals surface area contributed by atoms with E-state index in [1.165, 1.54) is 29.5 Å². The van der Waals surface area contributed by atoms with Gasteiger partial charge in [0, 0.05) is 30.8 Å². The first kappa shape index (κ1) is 13.4. The monoisotopic (exact) mass is 269 g/mol. The molecule has 1 aliphatic rings. The number of hydrogen-bond donors (Lipinski definition) is 1. The molecule has 0 bridgehead atoms. The molecule has 1 aromatic heterocycles. The Morgan fingerprint density at radius 3 is 3.00 bits per heavy atom. The Kier molecular flexibility index (Phi) is 3.88. The van der Waals surface area contributed by atoms with Crippen LogP contribution in [0.2, 0.25) is 0 Å². The zero-order valence-corrected chi connectivity index (χ0v) is 12.3. The van der Waals surface area contributed by atoms with Crippen molar-refractivity contribution in [3.8, 4) is 0 Å². The zero-order valence-electron chi connectivity index (χ0n) is 12.3. The lowest BCUT2D eigenvalue weighted by molar-refractivity contribution is 0.442. The van der Waals surface area contributed by atoms with E-state index in [1.807, 2.05) is 17.9 Å². The lowest BCUT2D eigenvalue weighted by Gasteiger charge is -2.25. The Hall–Kier alpha value is -1.61. The summed E-state index contributed by atoms with van der Waals surface area (Å²) in [4.78, 5) is 0. The minimum atomic E-state index is 0.382. The summed E-state index contributed by atoms with van der Waals surface area (Å²) in [6.45, 7) is 3.27. The summed E-state index contributed by atoms with van der Waals surface area (Å²) in [5, 5.41) is 8.08. The second kappa shape index (κ2) is 5.80. The average molecular weight is 269 g/mol. The SMILES string of the molecule is CCCNC(c1cnn(C)c1)C1CCc2ccccc21. The molecule has 0 saturated carbocycles. The Morgan fingerprint density at radius 1 is 1.40 bits per heavy atom. The maximum absolute atomic E-state index is 4.35. The van der Waals surface area contributed by atoms with Crippen LogP contribution in [0.25, 0.3) is 0 Å². The first-order chi connectivity index (χ1) is 9.79. The van der Waals surface area contributed by atoms with Gasteiger partial charge in [-0.15, -0.1) is 0 Å². The van der Waals surface area contributed by atoms with Gasteiger partial charge in [-0.3, -0.25) is 4.68 Å². The lowest BCUT2D eigenvalue weighted by atomic mass is 9.89. The average Bonchev–Trinajstić information content (AvgIpc) is 3.07. The Labute approximate surface area is 121 Å². The largest absolute Gasteiger partial charge is 0.309 e. The fourth-order valence-electron chi connectivity index (χ4n) is 3.33. The van der Waals surface area contributed by atoms with E-state index in [2.05, 4.69) is 47.8 Å². The number of rotatable bonds is 5. The van der Waals surface area contributed by atoms with Crippen LogP contribution in [0.15, 0.2) is 36.7 Å². The molecule has 1 aliphatic carbocycles. The number of benzene rings is 1. The van der Waals surface area contributed by atoms with Crippen molar-refractivity contribution in [2.24, 2.45) is 7.05 Å². The smallest absolute Gasteiger partial charge is 0.0537 e. The topological polar surface area (TPSA) is 29.9 Å². The minimum Gasteiger partial charge on any atom is -0.309 e. The van der Waals surface area contributed by atoms with Gasteiger partial charge in [0.1, 0.15) is 0 Å². The molecule has 0 saturated heterocycles. The van der Waals surface area contributed by atoms with Crippen molar-refractivity contribution >= 4 is 0 Å². The summed E-state index contributed by atoms with van der Waals surface area (Å²) in [7, 11) is 1.99. The number of aryl methyl sites for hydroxylation is 2. The first-order valence-corrected chi connectivity index (χ1v) is 7.59. The van der Waals surface area contributed by atoms with Crippen molar-refractivity contribution in [1.29, 1.82) is 0 Å². The van der Waals surface area contributed by atoms with Crippen LogP contribution in [-0.4, -0.2) is 16.3 Å². The highest BCUT2D eigenvalue weighted by Crippen LogP contribution is 2.41. The second-order valence-electron chi connectivity index (χ2n) is 5.72. The van der Waals surface area contributed by atoms with Crippen molar-refractivity contribution in [3.63, 3.8) is 0 Å². The molecule has 3 heteroatoms. The van der Waals surface area contributed by atoms with Crippen LogP contribution in [0, 0.1) is 0 Å². The van der Waals surface area contributed by atoms with Gasteiger partial charge in [0.25, 0.3) is 0 Å². The molecule has 0 spiro atoms. The van der Waals surface area contributed by atoms with Crippen LogP contribution in [-0.2, 0) is 13.5 Å². The molecule has 2 unspecified atom stereocenters. The predicted molar refractivity (Wildman–Crippen MR) is 81.7 cm³/mol. The van der Waals surface area contributed by atoms with Crippen molar-refractivity contribution in [3.05, 3.63) is 53.3 Å². The standard InChI is InChI=1S/C17H23N3/c1-3-10-18-17(14-11-19-20(2)12-14)16-9-8-13-6-4-5-7-15(13)16/h4-7,11-12,16-18H,3,8-10H2,1-2H3. The molecule has 1 N–H and O–H groups in total. The maximum Gasteiger partial charge on any atom is 0.0537 e. The summed E-state index contributed by atoms with van der Waals surface area (Å²) < 4.78 is 1.90. The third-order valence-electron chi connectivity index (χ3n) is 4.28. The van der Waals surface area contributed by atoms with Gasteiger partial charge in [-0.2, -0.15) is 5.10 Å². The molecule has 1 heterocycles. The van der Waals surface area contributed by atoms with Crippen LogP contribution in [0.1, 0.15) is 48.4 Å². The van der Waals surface area contributed by atoms with E-state index in [9.17, 15) is 0 Å². The third kappa shape index (κ3) is 2.50. The molecule has 3 nitrogen and oxygen atoms in total. The molecule has 0 amide bonds. The number of nitrogens with zero attached hydrogens (tertiary/aromatic N) is 2. The van der Waals surface area contributed by atoms with Gasteiger partial charge in [0.2, 0.25) is 0 Å². The highest BCUT2D eigenvalue weighted by atomic mass is 15.2. The molecule has 106 valence electrons. The Balaban J connectivity index is 1.90. The highest BCUT2D eigenvalue weighted by Gasteiger charge is 2.30. The van der Waals surface area contributed by atoms with Gasteiger partial charge in [-0.25, -0.2) is 0 Å². The van der Waals surface area contributed by atoms with E-state index < -0.39 is 0 Å². The maximum atomic E-state index is 4.35. The fourth-order valence-corrected chi connectivity index (χ4v) is 3.33. The van der Waals surface area contributed by atoms with E-state index in [0.29, 0.717) is 12.0 Å². The van der Waals surface area contributed by atoms with E-state index in [4.69, 9.17) is 0 Å². The van der Waals surface area contributed by atoms with Crippen molar-refractivity contribution in [2.75, 3.05) is 6.54 Å². The highest BCUT2D eigenvalue weighted by molar-refractivity contribution is 5.37. The summed E-state index contributed by atoms with van der Waals surface area (Å²) >= 11 is 0. The van der Waals surface area contributed by atoms with Crippen LogP contribution in [0.4, 0.5) is 0 Å². The molecule has 2 aromatic rings. The third-order valence-corrected chi connectivity index (χ3v) is 4.28.